The van der Waals surface area contributed by atoms with Gasteiger partial charge >= 0.3 is 12.1 Å². The lowest BCUT2D eigenvalue weighted by molar-refractivity contribution is -0.147. The predicted octanol–water partition coefficient (Wildman–Crippen LogP) is 6.48. The van der Waals surface area contributed by atoms with E-state index in [1.54, 1.807) is 69.3 Å². The zero-order valence-electron chi connectivity index (χ0n) is 23.5. The van der Waals surface area contributed by atoms with Crippen molar-refractivity contribution in [2.45, 2.75) is 58.1 Å². The Labute approximate surface area is 253 Å². The van der Waals surface area contributed by atoms with Crippen molar-refractivity contribution in [2.24, 2.45) is 0 Å². The van der Waals surface area contributed by atoms with Crippen LogP contribution in [0.5, 0.6) is 11.5 Å². The number of carbonyl (C=O) groups is 3. The molecule has 0 saturated carbocycles. The van der Waals surface area contributed by atoms with Crippen LogP contribution in [-0.4, -0.2) is 41.6 Å². The highest BCUT2D eigenvalue weighted by atomic mass is 35.5. The Bertz CT molecular complexity index is 1540. The van der Waals surface area contributed by atoms with Gasteiger partial charge in [0.15, 0.2) is 0 Å². The summed E-state index contributed by atoms with van der Waals surface area (Å²) in [5.41, 5.74) is 2.84. The third-order valence-corrected chi connectivity index (χ3v) is 7.59. The van der Waals surface area contributed by atoms with E-state index in [4.69, 9.17) is 42.1 Å². The second-order valence-electron chi connectivity index (χ2n) is 11.1. The number of rotatable bonds is 5. The third kappa shape index (κ3) is 6.42. The molecule has 2 aliphatic heterocycles. The zero-order valence-corrected chi connectivity index (χ0v) is 25.0. The summed E-state index contributed by atoms with van der Waals surface area (Å²) in [6.45, 7) is 5.70. The van der Waals surface area contributed by atoms with Crippen LogP contribution < -0.4 is 14.8 Å². The summed E-state index contributed by atoms with van der Waals surface area (Å²) >= 11 is 12.1. The van der Waals surface area contributed by atoms with E-state index in [9.17, 15) is 14.4 Å². The number of hydrogen-bond donors (Lipinski definition) is 1. The summed E-state index contributed by atoms with van der Waals surface area (Å²) in [6, 6.07) is 15.1. The normalized spacial score (nSPS) is 17.8. The maximum atomic E-state index is 13.0. The highest BCUT2D eigenvalue weighted by Gasteiger charge is 2.39. The number of methoxy groups -OCH3 is 1. The predicted molar refractivity (Wildman–Crippen MR) is 157 cm³/mol. The van der Waals surface area contributed by atoms with Gasteiger partial charge in [0.2, 0.25) is 6.10 Å². The molecule has 9 nitrogen and oxygen atoms in total. The first-order chi connectivity index (χ1) is 19.9. The molecule has 0 radical (unpaired) electrons. The first-order valence-electron chi connectivity index (χ1n) is 13.3. The lowest BCUT2D eigenvalue weighted by atomic mass is 9.92. The van der Waals surface area contributed by atoms with Crippen LogP contribution in [0.15, 0.2) is 54.6 Å². The second kappa shape index (κ2) is 11.7. The van der Waals surface area contributed by atoms with E-state index in [1.165, 1.54) is 12.0 Å². The fraction of sp³-hybridized carbons (Fsp3) is 0.323. The number of fused-ring (bicyclic) bond motifs is 2. The Morgan fingerprint density at radius 3 is 2.43 bits per heavy atom. The Kier molecular flexibility index (Phi) is 8.25. The van der Waals surface area contributed by atoms with Gasteiger partial charge in [0.05, 0.1) is 29.4 Å². The van der Waals surface area contributed by atoms with E-state index < -0.39 is 29.8 Å². The molecule has 0 fully saturated rings. The van der Waals surface area contributed by atoms with Crippen LogP contribution in [0, 0.1) is 0 Å². The van der Waals surface area contributed by atoms with E-state index >= 15 is 0 Å². The topological polar surface area (TPSA) is 103 Å². The smallest absolute Gasteiger partial charge is 0.411 e. The molecule has 3 aromatic carbocycles. The van der Waals surface area contributed by atoms with Gasteiger partial charge in [0, 0.05) is 12.0 Å². The van der Waals surface area contributed by atoms with Gasteiger partial charge in [-0.2, -0.15) is 0 Å². The summed E-state index contributed by atoms with van der Waals surface area (Å²) in [4.78, 5) is 40.0. The summed E-state index contributed by atoms with van der Waals surface area (Å²) < 4.78 is 22.5. The molecule has 0 aliphatic carbocycles. The molecule has 11 heteroatoms. The fourth-order valence-electron chi connectivity index (χ4n) is 4.80. The second-order valence-corrected chi connectivity index (χ2v) is 11.9. The Morgan fingerprint density at radius 2 is 1.76 bits per heavy atom. The average molecular weight is 613 g/mol. The number of benzene rings is 3. The average Bonchev–Trinajstić information content (AvgIpc) is 2.94. The maximum absolute atomic E-state index is 13.0. The Morgan fingerprint density at radius 1 is 1.02 bits per heavy atom. The van der Waals surface area contributed by atoms with Gasteiger partial charge in [0.25, 0.3) is 5.91 Å². The Hall–Kier alpha value is -3.95. The van der Waals surface area contributed by atoms with Gasteiger partial charge in [-0.15, -0.1) is 0 Å². The van der Waals surface area contributed by atoms with Crippen LogP contribution >= 0.6 is 23.2 Å². The maximum Gasteiger partial charge on any atom is 0.411 e. The van der Waals surface area contributed by atoms with Gasteiger partial charge in [-0.1, -0.05) is 41.4 Å². The standard InChI is InChI=1S/C31H30Cl2N2O7/c1-31(2,3)42-30(38)35-15-20-14-26-24(12-19(20)13-25(35)29(37)39-4)34-28(36)27(41-26)18-6-8-21(9-7-18)40-16-17-5-10-22(32)23(33)11-17/h5-12,14,25,27H,13,15-16H2,1-4H3,(H,34,36)/t25-,27-/m0/s1. The molecule has 0 spiro atoms. The molecule has 220 valence electrons. The number of carbonyl (C=O) groups excluding carboxylic acids is 3. The molecule has 1 N–H and O–H groups in total. The number of nitrogens with zero attached hydrogens (tertiary/aromatic N) is 1. The molecular formula is C31H30Cl2N2O7. The third-order valence-electron chi connectivity index (χ3n) is 6.85. The first-order valence-corrected chi connectivity index (χ1v) is 14.0. The molecular weight excluding hydrogens is 583 g/mol. The molecule has 2 heterocycles. The summed E-state index contributed by atoms with van der Waals surface area (Å²) in [5, 5.41) is 3.84. The van der Waals surface area contributed by atoms with Crippen molar-refractivity contribution in [3.8, 4) is 11.5 Å². The van der Waals surface area contributed by atoms with Crippen LogP contribution in [0.3, 0.4) is 0 Å². The van der Waals surface area contributed by atoms with Crippen molar-refractivity contribution in [1.29, 1.82) is 0 Å². The van der Waals surface area contributed by atoms with E-state index in [0.29, 0.717) is 39.4 Å². The fourth-order valence-corrected chi connectivity index (χ4v) is 5.12. The van der Waals surface area contributed by atoms with Crippen LogP contribution in [0.1, 0.15) is 49.1 Å². The van der Waals surface area contributed by atoms with Gasteiger partial charge in [-0.05, 0) is 73.9 Å². The van der Waals surface area contributed by atoms with E-state index in [-0.39, 0.29) is 18.9 Å². The molecule has 2 atom stereocenters. The SMILES string of the molecule is COC(=O)[C@@H]1Cc2cc3c(cc2CN1C(=O)OC(C)(C)C)O[C@@H](c1ccc(OCc2ccc(Cl)c(Cl)c2)cc1)C(=O)N3. The van der Waals surface area contributed by atoms with E-state index in [0.717, 1.165) is 16.7 Å². The van der Waals surface area contributed by atoms with Crippen LogP contribution in [0.25, 0.3) is 0 Å². The van der Waals surface area contributed by atoms with Crippen molar-refractivity contribution >= 4 is 46.9 Å². The summed E-state index contributed by atoms with van der Waals surface area (Å²) in [7, 11) is 1.28. The molecule has 3 aromatic rings. The molecule has 0 bridgehead atoms. The monoisotopic (exact) mass is 612 g/mol. The van der Waals surface area contributed by atoms with Crippen LogP contribution in [0.2, 0.25) is 10.0 Å². The highest BCUT2D eigenvalue weighted by Crippen LogP contribution is 2.40. The molecule has 0 unspecified atom stereocenters. The number of anilines is 1. The van der Waals surface area contributed by atoms with Crippen molar-refractivity contribution in [3.05, 3.63) is 86.9 Å². The summed E-state index contributed by atoms with van der Waals surface area (Å²) in [6.07, 6.45) is -1.31. The zero-order chi connectivity index (χ0) is 30.2. The molecule has 2 amide bonds. The number of esters is 1. The minimum atomic E-state index is -0.895. The number of amides is 2. The molecule has 0 aromatic heterocycles. The van der Waals surface area contributed by atoms with Gasteiger partial charge in [-0.3, -0.25) is 9.69 Å². The largest absolute Gasteiger partial charge is 0.489 e. The van der Waals surface area contributed by atoms with E-state index in [1.807, 2.05) is 6.07 Å². The molecule has 42 heavy (non-hydrogen) atoms. The molecule has 0 saturated heterocycles. The van der Waals surface area contributed by atoms with E-state index in [2.05, 4.69) is 5.32 Å². The minimum absolute atomic E-state index is 0.115. The Balaban J connectivity index is 1.32. The van der Waals surface area contributed by atoms with Crippen molar-refractivity contribution < 1.29 is 33.3 Å². The number of hydrogen-bond acceptors (Lipinski definition) is 7. The molecule has 2 aliphatic rings. The highest BCUT2D eigenvalue weighted by molar-refractivity contribution is 6.42. The lowest BCUT2D eigenvalue weighted by Gasteiger charge is -2.37. The van der Waals surface area contributed by atoms with Gasteiger partial charge < -0.3 is 24.3 Å². The first kappa shape index (κ1) is 29.5. The number of nitrogens with one attached hydrogen (secondary N) is 1. The summed E-state index contributed by atoms with van der Waals surface area (Å²) in [5.74, 6) is 0.188. The van der Waals surface area contributed by atoms with Gasteiger partial charge in [0.1, 0.15) is 29.7 Å². The number of halogens is 2. The minimum Gasteiger partial charge on any atom is -0.489 e. The lowest BCUT2D eigenvalue weighted by Crippen LogP contribution is -2.50. The van der Waals surface area contributed by atoms with Crippen LogP contribution in [0.4, 0.5) is 10.5 Å². The van der Waals surface area contributed by atoms with Crippen molar-refractivity contribution in [3.63, 3.8) is 0 Å². The quantitative estimate of drug-likeness (QED) is 0.329. The van der Waals surface area contributed by atoms with Crippen LogP contribution in [-0.2, 0) is 38.6 Å². The van der Waals surface area contributed by atoms with Gasteiger partial charge in [-0.25, -0.2) is 9.59 Å². The van der Waals surface area contributed by atoms with Crippen molar-refractivity contribution in [1.82, 2.24) is 4.90 Å². The number of ether oxygens (including phenoxy) is 4. The van der Waals surface area contributed by atoms with Crippen molar-refractivity contribution in [2.75, 3.05) is 12.4 Å². The molecule has 5 rings (SSSR count).